The number of anilines is 1. The molecule has 0 aliphatic carbocycles. The third kappa shape index (κ3) is 4.67. The van der Waals surface area contributed by atoms with Crippen molar-refractivity contribution in [1.82, 2.24) is 25.6 Å². The number of aromatic nitrogens is 3. The molecule has 0 atom stereocenters. The molecule has 0 spiro atoms. The van der Waals surface area contributed by atoms with Crippen LogP contribution >= 0.6 is 0 Å². The molecular weight excluding hydrogens is 464 g/mol. The van der Waals surface area contributed by atoms with E-state index in [9.17, 15) is 14.4 Å². The van der Waals surface area contributed by atoms with E-state index >= 15 is 0 Å². The maximum atomic E-state index is 12.9. The van der Waals surface area contributed by atoms with Crippen molar-refractivity contribution < 1.29 is 23.9 Å². The molecular formula is C25H22N6O5. The Hall–Kier alpha value is -4.93. The van der Waals surface area contributed by atoms with Gasteiger partial charge in [-0.3, -0.25) is 14.4 Å². The van der Waals surface area contributed by atoms with Gasteiger partial charge in [-0.2, -0.15) is 0 Å². The van der Waals surface area contributed by atoms with Crippen LogP contribution in [0.25, 0.3) is 11.0 Å². The second-order valence-electron chi connectivity index (χ2n) is 8.03. The van der Waals surface area contributed by atoms with Crippen molar-refractivity contribution in [2.24, 2.45) is 0 Å². The molecule has 0 saturated heterocycles. The molecule has 3 heterocycles. The average molecular weight is 486 g/mol. The van der Waals surface area contributed by atoms with Gasteiger partial charge in [0, 0.05) is 19.3 Å². The summed E-state index contributed by atoms with van der Waals surface area (Å²) in [5.41, 5.74) is 3.31. The largest absolute Gasteiger partial charge is 0.497 e. The number of hydrogen-bond donors (Lipinski definition) is 4. The van der Waals surface area contributed by atoms with Crippen molar-refractivity contribution >= 4 is 34.4 Å². The van der Waals surface area contributed by atoms with Crippen LogP contribution in [-0.4, -0.2) is 46.4 Å². The molecule has 11 nitrogen and oxygen atoms in total. The van der Waals surface area contributed by atoms with Crippen LogP contribution in [0.5, 0.6) is 11.5 Å². The van der Waals surface area contributed by atoms with Gasteiger partial charge in [0.25, 0.3) is 17.7 Å². The first-order chi connectivity index (χ1) is 17.5. The lowest BCUT2D eigenvalue weighted by atomic mass is 10.1. The van der Waals surface area contributed by atoms with Crippen LogP contribution in [0.15, 0.2) is 55.0 Å². The first-order valence-electron chi connectivity index (χ1n) is 11.1. The number of carbonyl (C=O) groups is 3. The number of aromatic amines is 1. The van der Waals surface area contributed by atoms with Crippen LogP contribution in [-0.2, 0) is 17.9 Å². The van der Waals surface area contributed by atoms with Crippen molar-refractivity contribution in [1.29, 1.82) is 0 Å². The lowest BCUT2D eigenvalue weighted by Crippen LogP contribution is -2.26. The van der Waals surface area contributed by atoms with Crippen LogP contribution in [0.4, 0.5) is 5.69 Å². The average Bonchev–Trinajstić information content (AvgIpc) is 3.34. The van der Waals surface area contributed by atoms with Crippen LogP contribution in [0.2, 0.25) is 0 Å². The minimum atomic E-state index is -0.439. The van der Waals surface area contributed by atoms with E-state index in [4.69, 9.17) is 9.47 Å². The minimum absolute atomic E-state index is 0.0239. The van der Waals surface area contributed by atoms with E-state index in [1.165, 1.54) is 12.5 Å². The number of hydrogen-bond acceptors (Lipinski definition) is 7. The smallest absolute Gasteiger partial charge is 0.272 e. The van der Waals surface area contributed by atoms with Gasteiger partial charge in [0.2, 0.25) is 0 Å². The summed E-state index contributed by atoms with van der Waals surface area (Å²) >= 11 is 0. The number of amides is 3. The van der Waals surface area contributed by atoms with Crippen LogP contribution < -0.4 is 25.4 Å². The number of fused-ring (bicyclic) bond motifs is 2. The Labute approximate surface area is 205 Å². The molecule has 4 N–H and O–H groups in total. The Bertz CT molecular complexity index is 1480. The lowest BCUT2D eigenvalue weighted by Gasteiger charge is -2.18. The van der Waals surface area contributed by atoms with E-state index in [1.807, 2.05) is 24.3 Å². The molecule has 1 aliphatic heterocycles. The van der Waals surface area contributed by atoms with Gasteiger partial charge in [0.05, 0.1) is 23.9 Å². The molecule has 2 aromatic heterocycles. The molecule has 0 bridgehead atoms. The Balaban J connectivity index is 1.28. The van der Waals surface area contributed by atoms with Gasteiger partial charge in [-0.05, 0) is 35.4 Å². The van der Waals surface area contributed by atoms with E-state index in [2.05, 4.69) is 30.9 Å². The van der Waals surface area contributed by atoms with Gasteiger partial charge in [-0.1, -0.05) is 18.2 Å². The molecule has 4 aromatic rings. The molecule has 3 amide bonds. The fourth-order valence-corrected chi connectivity index (χ4v) is 3.85. The van der Waals surface area contributed by atoms with Crippen LogP contribution in [0, 0.1) is 0 Å². The molecule has 0 radical (unpaired) electrons. The lowest BCUT2D eigenvalue weighted by molar-refractivity contribution is -0.118. The topological polar surface area (TPSA) is 147 Å². The molecule has 36 heavy (non-hydrogen) atoms. The fourth-order valence-electron chi connectivity index (χ4n) is 3.85. The zero-order valence-electron chi connectivity index (χ0n) is 19.3. The number of methoxy groups -OCH3 is 1. The number of benzene rings is 2. The summed E-state index contributed by atoms with van der Waals surface area (Å²) in [6, 6.07) is 12.7. The molecule has 0 unspecified atom stereocenters. The molecule has 2 aromatic carbocycles. The highest BCUT2D eigenvalue weighted by Crippen LogP contribution is 2.28. The standard InChI is InChI=1S/C25H22N6O5/c1-35-16-4-2-3-14(7-16)9-27-24(33)17-11-26-22-21(17)29-13-30-23(22)25(34)28-10-15-5-6-19-18(8-15)31-20(32)12-36-19/h2-8,11,13,26H,9-10,12H2,1H3,(H,27,33)(H,28,34)(H,31,32). The van der Waals surface area contributed by atoms with E-state index in [0.29, 0.717) is 40.3 Å². The molecule has 0 saturated carbocycles. The van der Waals surface area contributed by atoms with E-state index in [0.717, 1.165) is 11.1 Å². The highest BCUT2D eigenvalue weighted by atomic mass is 16.5. The van der Waals surface area contributed by atoms with Gasteiger partial charge in [-0.15, -0.1) is 0 Å². The van der Waals surface area contributed by atoms with Crippen LogP contribution in [0.1, 0.15) is 32.0 Å². The monoisotopic (exact) mass is 486 g/mol. The number of carbonyl (C=O) groups excluding carboxylic acids is 3. The zero-order valence-corrected chi connectivity index (χ0v) is 19.3. The third-order valence-electron chi connectivity index (χ3n) is 5.64. The van der Waals surface area contributed by atoms with Crippen molar-refractivity contribution in [3.63, 3.8) is 0 Å². The Morgan fingerprint density at radius 2 is 1.86 bits per heavy atom. The highest BCUT2D eigenvalue weighted by molar-refractivity contribution is 6.10. The molecule has 5 rings (SSSR count). The first kappa shape index (κ1) is 22.8. The fraction of sp³-hybridized carbons (Fsp3) is 0.160. The summed E-state index contributed by atoms with van der Waals surface area (Å²) < 4.78 is 10.6. The van der Waals surface area contributed by atoms with Gasteiger partial charge < -0.3 is 30.4 Å². The summed E-state index contributed by atoms with van der Waals surface area (Å²) in [4.78, 5) is 48.5. The predicted molar refractivity (Wildman–Crippen MR) is 130 cm³/mol. The van der Waals surface area contributed by atoms with Crippen molar-refractivity contribution in [3.8, 4) is 11.5 Å². The molecule has 1 aliphatic rings. The normalized spacial score (nSPS) is 12.3. The summed E-state index contributed by atoms with van der Waals surface area (Å²) in [6.07, 6.45) is 2.75. The Morgan fingerprint density at radius 1 is 1.06 bits per heavy atom. The number of rotatable bonds is 7. The SMILES string of the molecule is COc1cccc(CNC(=O)c2c[nH]c3c(C(=O)NCc4ccc5c(c4)NC(=O)CO5)ncnc23)c1. The van der Waals surface area contributed by atoms with E-state index in [-0.39, 0.29) is 30.7 Å². The predicted octanol–water partition coefficient (Wildman–Crippen LogP) is 2.16. The maximum Gasteiger partial charge on any atom is 0.272 e. The summed E-state index contributed by atoms with van der Waals surface area (Å²) in [5.74, 6) is 0.261. The van der Waals surface area contributed by atoms with Gasteiger partial charge >= 0.3 is 0 Å². The van der Waals surface area contributed by atoms with Gasteiger partial charge in [0.1, 0.15) is 23.3 Å². The Morgan fingerprint density at radius 3 is 2.69 bits per heavy atom. The van der Waals surface area contributed by atoms with E-state index < -0.39 is 5.91 Å². The van der Waals surface area contributed by atoms with Gasteiger partial charge in [0.15, 0.2) is 12.3 Å². The number of ether oxygens (including phenoxy) is 2. The maximum absolute atomic E-state index is 12.9. The molecule has 182 valence electrons. The van der Waals surface area contributed by atoms with Crippen molar-refractivity contribution in [3.05, 3.63) is 77.4 Å². The third-order valence-corrected chi connectivity index (χ3v) is 5.64. The number of nitrogens with zero attached hydrogens (tertiary/aromatic N) is 2. The molecule has 11 heteroatoms. The second-order valence-corrected chi connectivity index (χ2v) is 8.03. The summed E-state index contributed by atoms with van der Waals surface area (Å²) in [6.45, 7) is 0.472. The summed E-state index contributed by atoms with van der Waals surface area (Å²) in [7, 11) is 1.58. The Kier molecular flexibility index (Phi) is 6.18. The van der Waals surface area contributed by atoms with Crippen LogP contribution in [0.3, 0.4) is 0 Å². The van der Waals surface area contributed by atoms with Gasteiger partial charge in [-0.25, -0.2) is 9.97 Å². The summed E-state index contributed by atoms with van der Waals surface area (Å²) in [5, 5.41) is 8.40. The highest BCUT2D eigenvalue weighted by Gasteiger charge is 2.20. The number of H-pyrrole nitrogens is 1. The quantitative estimate of drug-likeness (QED) is 0.313. The van der Waals surface area contributed by atoms with Crippen molar-refractivity contribution in [2.75, 3.05) is 19.0 Å². The first-order valence-corrected chi connectivity index (χ1v) is 11.1. The van der Waals surface area contributed by atoms with Crippen molar-refractivity contribution in [2.45, 2.75) is 13.1 Å². The molecule has 0 fully saturated rings. The van der Waals surface area contributed by atoms with E-state index in [1.54, 1.807) is 25.3 Å². The second kappa shape index (κ2) is 9.74. The minimum Gasteiger partial charge on any atom is -0.497 e. The number of nitrogens with one attached hydrogen (secondary N) is 4. The zero-order chi connectivity index (χ0) is 25.1.